The van der Waals surface area contributed by atoms with Crippen molar-refractivity contribution in [2.75, 3.05) is 6.61 Å². The molecule has 0 aromatic heterocycles. The quantitative estimate of drug-likeness (QED) is 0.590. The number of esters is 1. The van der Waals surface area contributed by atoms with E-state index >= 15 is 0 Å². The average molecular weight is 226 g/mol. The van der Waals surface area contributed by atoms with Gasteiger partial charge in [0.05, 0.1) is 18.6 Å². The normalized spacial score (nSPS) is 28.1. The molecule has 1 aliphatic carbocycles. The van der Waals surface area contributed by atoms with Gasteiger partial charge in [0.2, 0.25) is 0 Å². The molecule has 0 radical (unpaired) electrons. The molecule has 1 saturated carbocycles. The predicted molar refractivity (Wildman–Crippen MR) is 62.8 cm³/mol. The van der Waals surface area contributed by atoms with Gasteiger partial charge in [-0.25, -0.2) is 0 Å². The number of carbonyl (C=O) groups excluding carboxylic acids is 1. The zero-order valence-electron chi connectivity index (χ0n) is 10.8. The van der Waals surface area contributed by atoms with Crippen molar-refractivity contribution in [2.24, 2.45) is 17.3 Å². The summed E-state index contributed by atoms with van der Waals surface area (Å²) >= 11 is 0. The van der Waals surface area contributed by atoms with Gasteiger partial charge in [-0.05, 0) is 32.1 Å². The zero-order chi connectivity index (χ0) is 12.5. The van der Waals surface area contributed by atoms with Crippen LogP contribution in [-0.4, -0.2) is 23.8 Å². The van der Waals surface area contributed by atoms with Gasteiger partial charge in [0.1, 0.15) is 0 Å². The Bertz CT molecular complexity index is 302. The SMILES string of the molecule is CC(=CC1C(C(=O)OC(C)C)C1(C)C)CO. The molecule has 1 N–H and O–H groups in total. The van der Waals surface area contributed by atoms with E-state index < -0.39 is 0 Å². The summed E-state index contributed by atoms with van der Waals surface area (Å²) in [6.45, 7) is 9.77. The Morgan fingerprint density at radius 1 is 1.50 bits per heavy atom. The molecule has 1 rings (SSSR count). The lowest BCUT2D eigenvalue weighted by Crippen LogP contribution is -2.15. The van der Waals surface area contributed by atoms with Crippen LogP contribution in [0.3, 0.4) is 0 Å². The number of rotatable bonds is 4. The number of carbonyl (C=O) groups is 1. The number of hydrogen-bond acceptors (Lipinski definition) is 3. The highest BCUT2D eigenvalue weighted by Crippen LogP contribution is 2.59. The molecule has 0 saturated heterocycles. The van der Waals surface area contributed by atoms with E-state index in [1.165, 1.54) is 0 Å². The van der Waals surface area contributed by atoms with E-state index in [2.05, 4.69) is 13.8 Å². The molecule has 0 aromatic rings. The Hall–Kier alpha value is -0.830. The molecule has 2 atom stereocenters. The molecule has 0 heterocycles. The number of allylic oxidation sites excluding steroid dienone is 1. The Kier molecular flexibility index (Phi) is 3.79. The third kappa shape index (κ3) is 2.64. The molecule has 3 nitrogen and oxygen atoms in total. The Labute approximate surface area is 97.5 Å². The third-order valence-corrected chi connectivity index (χ3v) is 3.23. The minimum absolute atomic E-state index is 0.0393. The highest BCUT2D eigenvalue weighted by atomic mass is 16.5. The molecule has 0 amide bonds. The molecule has 2 unspecified atom stereocenters. The second kappa shape index (κ2) is 4.58. The van der Waals surface area contributed by atoms with E-state index in [1.807, 2.05) is 26.8 Å². The van der Waals surface area contributed by atoms with Gasteiger partial charge in [0.25, 0.3) is 0 Å². The largest absolute Gasteiger partial charge is 0.463 e. The fourth-order valence-corrected chi connectivity index (χ4v) is 2.10. The van der Waals surface area contributed by atoms with Crippen LogP contribution in [0.15, 0.2) is 11.6 Å². The molecule has 1 fully saturated rings. The first-order chi connectivity index (χ1) is 7.30. The molecule has 92 valence electrons. The first kappa shape index (κ1) is 13.2. The zero-order valence-corrected chi connectivity index (χ0v) is 10.8. The van der Waals surface area contributed by atoms with Gasteiger partial charge in [-0.15, -0.1) is 0 Å². The fraction of sp³-hybridized carbons (Fsp3) is 0.769. The van der Waals surface area contributed by atoms with Crippen molar-refractivity contribution < 1.29 is 14.6 Å². The summed E-state index contributed by atoms with van der Waals surface area (Å²) in [5.41, 5.74) is 0.875. The van der Waals surface area contributed by atoms with Crippen LogP contribution in [0.4, 0.5) is 0 Å². The van der Waals surface area contributed by atoms with E-state index in [1.54, 1.807) is 0 Å². The van der Waals surface area contributed by atoms with Crippen molar-refractivity contribution in [3.8, 4) is 0 Å². The molecule has 0 aromatic carbocycles. The van der Waals surface area contributed by atoms with Crippen molar-refractivity contribution in [1.82, 2.24) is 0 Å². The van der Waals surface area contributed by atoms with E-state index in [9.17, 15) is 4.79 Å². The van der Waals surface area contributed by atoms with Crippen molar-refractivity contribution >= 4 is 5.97 Å². The van der Waals surface area contributed by atoms with Crippen LogP contribution in [0.2, 0.25) is 0 Å². The lowest BCUT2D eigenvalue weighted by molar-refractivity contribution is -0.150. The van der Waals surface area contributed by atoms with Crippen molar-refractivity contribution in [2.45, 2.75) is 40.7 Å². The van der Waals surface area contributed by atoms with Crippen LogP contribution in [0.1, 0.15) is 34.6 Å². The summed E-state index contributed by atoms with van der Waals surface area (Å²) in [4.78, 5) is 11.8. The summed E-state index contributed by atoms with van der Waals surface area (Å²) in [5.74, 6) is 0.0225. The van der Waals surface area contributed by atoms with Gasteiger partial charge in [-0.1, -0.05) is 25.5 Å². The van der Waals surface area contributed by atoms with Gasteiger partial charge in [-0.3, -0.25) is 4.79 Å². The maximum atomic E-state index is 11.8. The lowest BCUT2D eigenvalue weighted by Gasteiger charge is -2.08. The number of aliphatic hydroxyl groups is 1. The van der Waals surface area contributed by atoms with E-state index in [0.29, 0.717) is 0 Å². The van der Waals surface area contributed by atoms with Crippen LogP contribution >= 0.6 is 0 Å². The monoisotopic (exact) mass is 226 g/mol. The summed E-state index contributed by atoms with van der Waals surface area (Å²) in [5, 5.41) is 8.97. The number of hydrogen-bond donors (Lipinski definition) is 1. The van der Waals surface area contributed by atoms with Gasteiger partial charge in [0, 0.05) is 0 Å². The summed E-state index contributed by atoms with van der Waals surface area (Å²) in [6.07, 6.45) is 1.93. The van der Waals surface area contributed by atoms with Gasteiger partial charge >= 0.3 is 5.97 Å². The van der Waals surface area contributed by atoms with Crippen LogP contribution < -0.4 is 0 Å². The topological polar surface area (TPSA) is 46.5 Å². The molecule has 0 aliphatic heterocycles. The molecule has 16 heavy (non-hydrogen) atoms. The maximum Gasteiger partial charge on any atom is 0.310 e. The van der Waals surface area contributed by atoms with E-state index in [0.717, 1.165) is 5.57 Å². The van der Waals surface area contributed by atoms with E-state index in [4.69, 9.17) is 9.84 Å². The second-order valence-corrected chi connectivity index (χ2v) is 5.48. The third-order valence-electron chi connectivity index (χ3n) is 3.23. The lowest BCUT2D eigenvalue weighted by atomic mass is 10.1. The molecule has 3 heteroatoms. The Morgan fingerprint density at radius 2 is 2.06 bits per heavy atom. The number of ether oxygens (including phenoxy) is 1. The van der Waals surface area contributed by atoms with Crippen LogP contribution in [0.5, 0.6) is 0 Å². The maximum absolute atomic E-state index is 11.8. The van der Waals surface area contributed by atoms with Gasteiger partial charge < -0.3 is 9.84 Å². The van der Waals surface area contributed by atoms with E-state index in [-0.39, 0.29) is 35.9 Å². The smallest absolute Gasteiger partial charge is 0.310 e. The van der Waals surface area contributed by atoms with Crippen molar-refractivity contribution in [3.63, 3.8) is 0 Å². The molecule has 1 aliphatic rings. The first-order valence-electron chi connectivity index (χ1n) is 5.79. The highest BCUT2D eigenvalue weighted by Gasteiger charge is 2.61. The van der Waals surface area contributed by atoms with Crippen LogP contribution in [-0.2, 0) is 9.53 Å². The molecular weight excluding hydrogens is 204 g/mol. The van der Waals surface area contributed by atoms with Gasteiger partial charge in [0.15, 0.2) is 0 Å². The summed E-state index contributed by atoms with van der Waals surface area (Å²) in [6, 6.07) is 0. The van der Waals surface area contributed by atoms with Crippen LogP contribution in [0.25, 0.3) is 0 Å². The molecule has 0 bridgehead atoms. The predicted octanol–water partition coefficient (Wildman–Crippen LogP) is 2.15. The van der Waals surface area contributed by atoms with Crippen molar-refractivity contribution in [3.05, 3.63) is 11.6 Å². The average Bonchev–Trinajstić information content (AvgIpc) is 2.66. The molecule has 0 spiro atoms. The summed E-state index contributed by atoms with van der Waals surface area (Å²) < 4.78 is 5.22. The number of aliphatic hydroxyl groups excluding tert-OH is 1. The Balaban J connectivity index is 2.67. The highest BCUT2D eigenvalue weighted by molar-refractivity contribution is 5.78. The van der Waals surface area contributed by atoms with Gasteiger partial charge in [-0.2, -0.15) is 0 Å². The molecular formula is C13H22O3. The fourth-order valence-electron chi connectivity index (χ4n) is 2.10. The minimum atomic E-state index is -0.119. The standard InChI is InChI=1S/C13H22O3/c1-8(2)16-12(15)11-10(13(11,4)5)6-9(3)7-14/h6,8,10-11,14H,7H2,1-5H3. The van der Waals surface area contributed by atoms with Crippen LogP contribution in [0, 0.1) is 17.3 Å². The summed E-state index contributed by atoms with van der Waals surface area (Å²) in [7, 11) is 0. The minimum Gasteiger partial charge on any atom is -0.463 e. The van der Waals surface area contributed by atoms with Crippen molar-refractivity contribution in [1.29, 1.82) is 0 Å². The first-order valence-corrected chi connectivity index (χ1v) is 5.79. The second-order valence-electron chi connectivity index (χ2n) is 5.48. The Morgan fingerprint density at radius 3 is 2.50 bits per heavy atom.